The molecule has 24 heavy (non-hydrogen) atoms. The Bertz CT molecular complexity index is 674. The molecule has 2 aromatic rings. The molecule has 0 atom stereocenters. The number of carbonyl (C=O) groups is 1. The molecule has 0 saturated heterocycles. The van der Waals surface area contributed by atoms with Gasteiger partial charge >= 0.3 is 0 Å². The lowest BCUT2D eigenvalue weighted by Crippen LogP contribution is -2.26. The normalized spacial score (nSPS) is 10.5. The third kappa shape index (κ3) is 4.75. The zero-order chi connectivity index (χ0) is 16.8. The van der Waals surface area contributed by atoms with Crippen molar-refractivity contribution >= 4 is 18.3 Å². The van der Waals surface area contributed by atoms with Gasteiger partial charge in [-0.2, -0.15) is 0 Å². The van der Waals surface area contributed by atoms with Crippen LogP contribution in [0.15, 0.2) is 24.3 Å². The Morgan fingerprint density at radius 1 is 1.33 bits per heavy atom. The number of nitrogens with one attached hydrogen (secondary N) is 1. The van der Waals surface area contributed by atoms with E-state index in [0.717, 1.165) is 12.8 Å². The third-order valence-corrected chi connectivity index (χ3v) is 3.35. The zero-order valence-electron chi connectivity index (χ0n) is 13.8. The Labute approximate surface area is 147 Å². The van der Waals surface area contributed by atoms with Crippen LogP contribution in [0, 0.1) is 5.82 Å². The van der Waals surface area contributed by atoms with E-state index < -0.39 is 5.82 Å². The van der Waals surface area contributed by atoms with Crippen molar-refractivity contribution in [2.45, 2.75) is 32.6 Å². The summed E-state index contributed by atoms with van der Waals surface area (Å²) in [6.07, 6.45) is 1.64. The first-order valence-electron chi connectivity index (χ1n) is 7.74. The summed E-state index contributed by atoms with van der Waals surface area (Å²) in [5, 5.41) is 6.94. The molecule has 132 valence electrons. The fourth-order valence-electron chi connectivity index (χ4n) is 2.15. The second-order valence-corrected chi connectivity index (χ2v) is 5.56. The van der Waals surface area contributed by atoms with Crippen molar-refractivity contribution < 1.29 is 9.18 Å². The number of halogens is 2. The van der Waals surface area contributed by atoms with Crippen LogP contribution in [0.4, 0.5) is 4.39 Å². The van der Waals surface area contributed by atoms with E-state index in [1.165, 1.54) is 10.7 Å². The number of nitrogens with zero attached hydrogens (tertiary/aromatic N) is 3. The van der Waals surface area contributed by atoms with E-state index in [1.54, 1.807) is 18.2 Å². The molecule has 0 fully saturated rings. The molecule has 0 spiro atoms. The van der Waals surface area contributed by atoms with Gasteiger partial charge < -0.3 is 11.1 Å². The molecular weight excluding hydrogens is 333 g/mol. The second kappa shape index (κ2) is 9.34. The summed E-state index contributed by atoms with van der Waals surface area (Å²) in [5.74, 6) is -0.180. The van der Waals surface area contributed by atoms with Crippen molar-refractivity contribution in [2.75, 3.05) is 13.1 Å². The first-order chi connectivity index (χ1) is 11.0. The van der Waals surface area contributed by atoms with Crippen LogP contribution in [0.5, 0.6) is 0 Å². The van der Waals surface area contributed by atoms with Gasteiger partial charge in [-0.25, -0.2) is 14.1 Å². The maximum Gasteiger partial charge on any atom is 0.290 e. The quantitative estimate of drug-likeness (QED) is 0.747. The second-order valence-electron chi connectivity index (χ2n) is 5.56. The molecule has 0 unspecified atom stereocenters. The molecule has 0 aliphatic rings. The van der Waals surface area contributed by atoms with Gasteiger partial charge in [0.05, 0.1) is 0 Å². The summed E-state index contributed by atoms with van der Waals surface area (Å²) in [5.41, 5.74) is 5.70. The van der Waals surface area contributed by atoms with Crippen molar-refractivity contribution in [3.63, 3.8) is 0 Å². The lowest BCUT2D eigenvalue weighted by molar-refractivity contribution is 0.0942. The Kier molecular flexibility index (Phi) is 7.81. The molecule has 0 aliphatic carbocycles. The number of para-hydroxylation sites is 1. The molecule has 8 heteroatoms. The van der Waals surface area contributed by atoms with Crippen LogP contribution in [-0.2, 0) is 0 Å². The molecule has 1 aromatic heterocycles. The monoisotopic (exact) mass is 355 g/mol. The van der Waals surface area contributed by atoms with Crippen LogP contribution in [0.1, 0.15) is 49.1 Å². The molecule has 1 aromatic carbocycles. The first kappa shape index (κ1) is 20.1. The number of benzene rings is 1. The number of carbonyl (C=O) groups excluding carboxylic acids is 1. The van der Waals surface area contributed by atoms with E-state index in [9.17, 15) is 9.18 Å². The van der Waals surface area contributed by atoms with Gasteiger partial charge in [-0.1, -0.05) is 26.0 Å². The maximum absolute atomic E-state index is 14.0. The Morgan fingerprint density at radius 2 is 2.04 bits per heavy atom. The molecule has 6 nitrogen and oxygen atoms in total. The average molecular weight is 356 g/mol. The highest BCUT2D eigenvalue weighted by Crippen LogP contribution is 2.19. The van der Waals surface area contributed by atoms with Crippen LogP contribution < -0.4 is 11.1 Å². The van der Waals surface area contributed by atoms with Gasteiger partial charge in [0.1, 0.15) is 17.3 Å². The highest BCUT2D eigenvalue weighted by molar-refractivity contribution is 5.90. The number of hydrogen-bond donors (Lipinski definition) is 2. The Balaban J connectivity index is 0.00000288. The van der Waals surface area contributed by atoms with E-state index in [4.69, 9.17) is 5.73 Å². The minimum atomic E-state index is -0.408. The standard InChI is InChI=1S/C16H22FN5O.ClH/c1-11(2)15-20-14(16(23)19-10-6-5-9-18)21-22(15)13-8-4-3-7-12(13)17;/h3-4,7-8,11H,5-6,9-10,18H2,1-2H3,(H,19,23);1H. The molecule has 1 heterocycles. The summed E-state index contributed by atoms with van der Waals surface area (Å²) < 4.78 is 15.4. The predicted octanol–water partition coefficient (Wildman–Crippen LogP) is 2.42. The van der Waals surface area contributed by atoms with Crippen LogP contribution in [-0.4, -0.2) is 33.8 Å². The SMILES string of the molecule is CC(C)c1nc(C(=O)NCCCCN)nn1-c1ccccc1F.Cl. The number of unbranched alkanes of at least 4 members (excludes halogenated alkanes) is 1. The summed E-state index contributed by atoms with van der Waals surface area (Å²) in [4.78, 5) is 16.4. The summed E-state index contributed by atoms with van der Waals surface area (Å²) >= 11 is 0. The minimum absolute atomic E-state index is 0. The van der Waals surface area contributed by atoms with Gasteiger partial charge in [-0.05, 0) is 31.5 Å². The largest absolute Gasteiger partial charge is 0.349 e. The van der Waals surface area contributed by atoms with Gasteiger partial charge in [0.25, 0.3) is 5.91 Å². The Hall–Kier alpha value is -1.99. The molecule has 1 amide bonds. The van der Waals surface area contributed by atoms with Gasteiger partial charge in [-0.15, -0.1) is 17.5 Å². The molecule has 0 aliphatic heterocycles. The number of nitrogens with two attached hydrogens (primary N) is 1. The molecule has 3 N–H and O–H groups in total. The lowest BCUT2D eigenvalue weighted by Gasteiger charge is -2.08. The topological polar surface area (TPSA) is 85.8 Å². The molecule has 0 radical (unpaired) electrons. The van der Waals surface area contributed by atoms with Gasteiger partial charge in [0.2, 0.25) is 5.82 Å². The Morgan fingerprint density at radius 3 is 2.67 bits per heavy atom. The molecule has 0 saturated carbocycles. The van der Waals surface area contributed by atoms with Gasteiger partial charge in [0.15, 0.2) is 0 Å². The van der Waals surface area contributed by atoms with E-state index in [1.807, 2.05) is 13.8 Å². The van der Waals surface area contributed by atoms with Gasteiger partial charge in [0, 0.05) is 12.5 Å². The first-order valence-corrected chi connectivity index (χ1v) is 7.74. The van der Waals surface area contributed by atoms with Crippen LogP contribution in [0.2, 0.25) is 0 Å². The van der Waals surface area contributed by atoms with Crippen molar-refractivity contribution in [3.8, 4) is 5.69 Å². The van der Waals surface area contributed by atoms with E-state index in [-0.39, 0.29) is 35.7 Å². The summed E-state index contributed by atoms with van der Waals surface area (Å²) in [6, 6.07) is 6.29. The van der Waals surface area contributed by atoms with E-state index in [0.29, 0.717) is 18.9 Å². The fourth-order valence-corrected chi connectivity index (χ4v) is 2.15. The lowest BCUT2D eigenvalue weighted by atomic mass is 10.2. The van der Waals surface area contributed by atoms with Crippen LogP contribution in [0.25, 0.3) is 5.69 Å². The summed E-state index contributed by atoms with van der Waals surface area (Å²) in [6.45, 7) is 4.95. The highest BCUT2D eigenvalue weighted by atomic mass is 35.5. The van der Waals surface area contributed by atoms with Crippen LogP contribution >= 0.6 is 12.4 Å². The number of hydrogen-bond acceptors (Lipinski definition) is 4. The van der Waals surface area contributed by atoms with Crippen LogP contribution in [0.3, 0.4) is 0 Å². The maximum atomic E-state index is 14.0. The third-order valence-electron chi connectivity index (χ3n) is 3.35. The van der Waals surface area contributed by atoms with Crippen molar-refractivity contribution in [1.29, 1.82) is 0 Å². The number of aromatic nitrogens is 3. The molecular formula is C16H23ClFN5O. The fraction of sp³-hybridized carbons (Fsp3) is 0.438. The molecule has 0 bridgehead atoms. The zero-order valence-corrected chi connectivity index (χ0v) is 14.6. The number of rotatable bonds is 7. The predicted molar refractivity (Wildman–Crippen MR) is 93.3 cm³/mol. The summed E-state index contributed by atoms with van der Waals surface area (Å²) in [7, 11) is 0. The average Bonchev–Trinajstić information content (AvgIpc) is 2.97. The minimum Gasteiger partial charge on any atom is -0.349 e. The molecule has 2 rings (SSSR count). The van der Waals surface area contributed by atoms with E-state index in [2.05, 4.69) is 15.4 Å². The van der Waals surface area contributed by atoms with Crippen molar-refractivity contribution in [2.24, 2.45) is 5.73 Å². The van der Waals surface area contributed by atoms with Crippen molar-refractivity contribution in [1.82, 2.24) is 20.1 Å². The van der Waals surface area contributed by atoms with Gasteiger partial charge in [-0.3, -0.25) is 4.79 Å². The highest BCUT2D eigenvalue weighted by Gasteiger charge is 2.20. The van der Waals surface area contributed by atoms with E-state index >= 15 is 0 Å². The van der Waals surface area contributed by atoms with Crippen molar-refractivity contribution in [3.05, 3.63) is 41.7 Å². The smallest absolute Gasteiger partial charge is 0.290 e. The number of amides is 1.